The van der Waals surface area contributed by atoms with Gasteiger partial charge in [-0.1, -0.05) is 20.3 Å². The summed E-state index contributed by atoms with van der Waals surface area (Å²) in [5.41, 5.74) is 0. The van der Waals surface area contributed by atoms with E-state index in [0.717, 1.165) is 12.8 Å². The molecule has 0 aromatic heterocycles. The lowest BCUT2D eigenvalue weighted by atomic mass is 10.1. The molecule has 0 aromatic carbocycles. The van der Waals surface area contributed by atoms with Gasteiger partial charge in [-0.05, 0) is 12.8 Å². The zero-order valence-electron chi connectivity index (χ0n) is 6.80. The summed E-state index contributed by atoms with van der Waals surface area (Å²) in [6.07, 6.45) is 4.13. The Labute approximate surface area is 62.5 Å². The van der Waals surface area contributed by atoms with Crippen LogP contribution in [0.3, 0.4) is 0 Å². The van der Waals surface area contributed by atoms with Crippen LogP contribution < -0.4 is 0 Å². The summed E-state index contributed by atoms with van der Waals surface area (Å²) in [6.45, 7) is 4.82. The standard InChI is InChI=1S/C8H16O2/c1-3-5-8-7(4-2)9-6-10-8/h7-8H,3-6H2,1-2H3. The van der Waals surface area contributed by atoms with E-state index in [9.17, 15) is 0 Å². The van der Waals surface area contributed by atoms with Crippen molar-refractivity contribution in [2.24, 2.45) is 0 Å². The highest BCUT2D eigenvalue weighted by molar-refractivity contribution is 4.71. The predicted molar refractivity (Wildman–Crippen MR) is 39.8 cm³/mol. The van der Waals surface area contributed by atoms with Gasteiger partial charge in [0.2, 0.25) is 0 Å². The van der Waals surface area contributed by atoms with Gasteiger partial charge in [-0.3, -0.25) is 0 Å². The molecule has 1 rings (SSSR count). The van der Waals surface area contributed by atoms with E-state index in [0.29, 0.717) is 19.0 Å². The van der Waals surface area contributed by atoms with Crippen molar-refractivity contribution in [3.8, 4) is 0 Å². The molecule has 2 unspecified atom stereocenters. The molecule has 10 heavy (non-hydrogen) atoms. The van der Waals surface area contributed by atoms with Crippen LogP contribution in [0.2, 0.25) is 0 Å². The SMILES string of the molecule is CCCC1OCOC1CC. The van der Waals surface area contributed by atoms with Gasteiger partial charge in [-0.2, -0.15) is 0 Å². The topological polar surface area (TPSA) is 18.5 Å². The van der Waals surface area contributed by atoms with Gasteiger partial charge in [0.25, 0.3) is 0 Å². The summed E-state index contributed by atoms with van der Waals surface area (Å²) in [5, 5.41) is 0. The van der Waals surface area contributed by atoms with Crippen LogP contribution in [0.1, 0.15) is 33.1 Å². The fraction of sp³-hybridized carbons (Fsp3) is 1.00. The Morgan fingerprint density at radius 3 is 2.50 bits per heavy atom. The second-order valence-electron chi connectivity index (χ2n) is 2.73. The molecule has 0 bridgehead atoms. The molecule has 1 aliphatic heterocycles. The Hall–Kier alpha value is -0.0800. The third-order valence-corrected chi connectivity index (χ3v) is 1.95. The van der Waals surface area contributed by atoms with E-state index in [2.05, 4.69) is 13.8 Å². The Bertz CT molecular complexity index is 93.3. The first-order chi connectivity index (χ1) is 4.88. The monoisotopic (exact) mass is 144 g/mol. The van der Waals surface area contributed by atoms with E-state index in [-0.39, 0.29) is 0 Å². The maximum atomic E-state index is 5.37. The average molecular weight is 144 g/mol. The third-order valence-electron chi connectivity index (χ3n) is 1.95. The first kappa shape index (κ1) is 8.02. The summed E-state index contributed by atoms with van der Waals surface area (Å²) >= 11 is 0. The maximum absolute atomic E-state index is 5.37. The van der Waals surface area contributed by atoms with E-state index in [4.69, 9.17) is 9.47 Å². The maximum Gasteiger partial charge on any atom is 0.147 e. The minimum Gasteiger partial charge on any atom is -0.349 e. The minimum atomic E-state index is 0.361. The van der Waals surface area contributed by atoms with Crippen LogP contribution in [0.4, 0.5) is 0 Å². The molecule has 2 heteroatoms. The Kier molecular flexibility index (Phi) is 3.16. The fourth-order valence-corrected chi connectivity index (χ4v) is 1.36. The van der Waals surface area contributed by atoms with E-state index in [1.165, 1.54) is 6.42 Å². The second-order valence-corrected chi connectivity index (χ2v) is 2.73. The van der Waals surface area contributed by atoms with Crippen molar-refractivity contribution in [3.05, 3.63) is 0 Å². The Morgan fingerprint density at radius 2 is 1.90 bits per heavy atom. The summed E-state index contributed by atoms with van der Waals surface area (Å²) in [6, 6.07) is 0. The van der Waals surface area contributed by atoms with Crippen LogP contribution in [0, 0.1) is 0 Å². The van der Waals surface area contributed by atoms with Crippen LogP contribution in [0.15, 0.2) is 0 Å². The van der Waals surface area contributed by atoms with Crippen LogP contribution in [0.5, 0.6) is 0 Å². The number of ether oxygens (including phenoxy) is 2. The van der Waals surface area contributed by atoms with Crippen LogP contribution in [-0.4, -0.2) is 19.0 Å². The number of hydrogen-bond acceptors (Lipinski definition) is 2. The van der Waals surface area contributed by atoms with Crippen molar-refractivity contribution in [1.82, 2.24) is 0 Å². The van der Waals surface area contributed by atoms with E-state index in [1.807, 2.05) is 0 Å². The average Bonchev–Trinajstić information content (AvgIpc) is 2.36. The van der Waals surface area contributed by atoms with Gasteiger partial charge in [0.05, 0.1) is 12.2 Å². The fourth-order valence-electron chi connectivity index (χ4n) is 1.36. The quantitative estimate of drug-likeness (QED) is 0.602. The molecule has 1 heterocycles. The molecule has 2 atom stereocenters. The molecule has 0 spiro atoms. The highest BCUT2D eigenvalue weighted by atomic mass is 16.7. The van der Waals surface area contributed by atoms with Gasteiger partial charge in [0.1, 0.15) is 6.79 Å². The predicted octanol–water partition coefficient (Wildman–Crippen LogP) is 1.94. The summed E-state index contributed by atoms with van der Waals surface area (Å²) in [7, 11) is 0. The van der Waals surface area contributed by atoms with Crippen molar-refractivity contribution in [2.75, 3.05) is 6.79 Å². The third kappa shape index (κ3) is 1.70. The lowest BCUT2D eigenvalue weighted by Gasteiger charge is -2.13. The Morgan fingerprint density at radius 1 is 1.20 bits per heavy atom. The smallest absolute Gasteiger partial charge is 0.147 e. The van der Waals surface area contributed by atoms with Gasteiger partial charge >= 0.3 is 0 Å². The number of hydrogen-bond donors (Lipinski definition) is 0. The van der Waals surface area contributed by atoms with Gasteiger partial charge < -0.3 is 9.47 Å². The van der Waals surface area contributed by atoms with Crippen molar-refractivity contribution >= 4 is 0 Å². The summed E-state index contributed by atoms with van der Waals surface area (Å²) < 4.78 is 10.7. The summed E-state index contributed by atoms with van der Waals surface area (Å²) in [4.78, 5) is 0. The second kappa shape index (κ2) is 3.94. The van der Waals surface area contributed by atoms with Gasteiger partial charge in [-0.25, -0.2) is 0 Å². The minimum absolute atomic E-state index is 0.361. The molecule has 1 aliphatic rings. The first-order valence-electron chi connectivity index (χ1n) is 4.11. The highest BCUT2D eigenvalue weighted by Crippen LogP contribution is 2.19. The number of rotatable bonds is 3. The Balaban J connectivity index is 2.27. The van der Waals surface area contributed by atoms with Crippen molar-refractivity contribution in [1.29, 1.82) is 0 Å². The molecule has 2 nitrogen and oxygen atoms in total. The molecule has 0 N–H and O–H groups in total. The van der Waals surface area contributed by atoms with Crippen LogP contribution >= 0.6 is 0 Å². The van der Waals surface area contributed by atoms with Crippen LogP contribution in [-0.2, 0) is 9.47 Å². The van der Waals surface area contributed by atoms with Crippen molar-refractivity contribution in [2.45, 2.75) is 45.3 Å². The molecule has 0 aromatic rings. The van der Waals surface area contributed by atoms with Gasteiger partial charge in [0.15, 0.2) is 0 Å². The molecule has 0 radical (unpaired) electrons. The molecule has 60 valence electrons. The first-order valence-corrected chi connectivity index (χ1v) is 4.11. The molecule has 1 fully saturated rings. The molecule has 1 saturated heterocycles. The van der Waals surface area contributed by atoms with E-state index in [1.54, 1.807) is 0 Å². The van der Waals surface area contributed by atoms with Gasteiger partial charge in [-0.15, -0.1) is 0 Å². The molecule has 0 aliphatic carbocycles. The van der Waals surface area contributed by atoms with Crippen molar-refractivity contribution < 1.29 is 9.47 Å². The zero-order chi connectivity index (χ0) is 7.40. The lowest BCUT2D eigenvalue weighted by molar-refractivity contribution is 0.0370. The lowest BCUT2D eigenvalue weighted by Crippen LogP contribution is -2.20. The van der Waals surface area contributed by atoms with Gasteiger partial charge in [0, 0.05) is 0 Å². The normalized spacial score (nSPS) is 33.0. The molecular weight excluding hydrogens is 128 g/mol. The molecular formula is C8H16O2. The van der Waals surface area contributed by atoms with Crippen molar-refractivity contribution in [3.63, 3.8) is 0 Å². The zero-order valence-corrected chi connectivity index (χ0v) is 6.80. The molecule has 0 saturated carbocycles. The van der Waals surface area contributed by atoms with Crippen LogP contribution in [0.25, 0.3) is 0 Å². The summed E-state index contributed by atoms with van der Waals surface area (Å²) in [5.74, 6) is 0. The van der Waals surface area contributed by atoms with E-state index < -0.39 is 0 Å². The molecule has 0 amide bonds. The van der Waals surface area contributed by atoms with E-state index >= 15 is 0 Å². The largest absolute Gasteiger partial charge is 0.349 e. The highest BCUT2D eigenvalue weighted by Gasteiger charge is 2.26.